The van der Waals surface area contributed by atoms with Crippen molar-refractivity contribution in [2.75, 3.05) is 13.2 Å². The fourth-order valence-corrected chi connectivity index (χ4v) is 3.80. The van der Waals surface area contributed by atoms with Crippen LogP contribution in [0.2, 0.25) is 5.02 Å². The fraction of sp³-hybridized carbons (Fsp3) is 0.550. The van der Waals surface area contributed by atoms with E-state index in [1.165, 1.54) is 4.80 Å². The Balaban J connectivity index is 1.17. The third kappa shape index (κ3) is 6.11. The quantitative estimate of drug-likeness (QED) is 0.660. The van der Waals surface area contributed by atoms with Crippen molar-refractivity contribution in [1.29, 1.82) is 0 Å². The van der Waals surface area contributed by atoms with Gasteiger partial charge in [0.2, 0.25) is 0 Å². The summed E-state index contributed by atoms with van der Waals surface area (Å²) in [6, 6.07) is 6.37. The van der Waals surface area contributed by atoms with Crippen molar-refractivity contribution < 1.29 is 32.2 Å². The standard InChI is InChI=1S/C20H22ClF3N4O4/c21-12-1-4-15(5-2-12)30-11-19(29)26-13-3-6-18(31-10-13)17-9-25-28(27-17)14-7-16(8-14)32-20(22,23)24/h1-2,4-5,9,13-14,16,18H,3,6-8,10-11H2,(H,26,29)/t13-,14-,16+,18+/m0/s1. The van der Waals surface area contributed by atoms with Crippen LogP contribution < -0.4 is 10.1 Å². The maximum Gasteiger partial charge on any atom is 0.522 e. The van der Waals surface area contributed by atoms with E-state index in [-0.39, 0.29) is 43.5 Å². The minimum atomic E-state index is -4.62. The number of rotatable bonds is 7. The molecule has 1 aliphatic carbocycles. The topological polar surface area (TPSA) is 87.5 Å². The largest absolute Gasteiger partial charge is 0.522 e. The molecule has 0 spiro atoms. The Morgan fingerprint density at radius 2 is 2.00 bits per heavy atom. The summed E-state index contributed by atoms with van der Waals surface area (Å²) in [4.78, 5) is 13.5. The summed E-state index contributed by atoms with van der Waals surface area (Å²) in [5, 5.41) is 12.0. The number of carbonyl (C=O) groups excluding carboxylic acids is 1. The molecule has 1 aromatic carbocycles. The van der Waals surface area contributed by atoms with Crippen LogP contribution in [0, 0.1) is 0 Å². The summed E-state index contributed by atoms with van der Waals surface area (Å²) in [6.07, 6.45) is -2.43. The molecule has 1 aliphatic heterocycles. The molecular formula is C20H22ClF3N4O4. The van der Waals surface area contributed by atoms with Gasteiger partial charge >= 0.3 is 6.36 Å². The summed E-state index contributed by atoms with van der Waals surface area (Å²) in [6.45, 7) is 0.200. The molecular weight excluding hydrogens is 453 g/mol. The third-order valence-electron chi connectivity index (χ3n) is 5.38. The zero-order valence-corrected chi connectivity index (χ0v) is 17.7. The number of benzene rings is 1. The highest BCUT2D eigenvalue weighted by Crippen LogP contribution is 2.37. The second-order valence-electron chi connectivity index (χ2n) is 7.81. The van der Waals surface area contributed by atoms with Crippen LogP contribution in [0.4, 0.5) is 13.2 Å². The molecule has 2 aliphatic rings. The maximum absolute atomic E-state index is 12.2. The number of alkyl halides is 3. The van der Waals surface area contributed by atoms with Gasteiger partial charge in [-0.25, -0.2) is 0 Å². The zero-order chi connectivity index (χ0) is 22.7. The van der Waals surface area contributed by atoms with E-state index in [0.29, 0.717) is 35.9 Å². The predicted molar refractivity (Wildman–Crippen MR) is 106 cm³/mol. The molecule has 12 heteroatoms. The van der Waals surface area contributed by atoms with Crippen molar-refractivity contribution in [2.24, 2.45) is 0 Å². The van der Waals surface area contributed by atoms with E-state index in [2.05, 4.69) is 20.3 Å². The zero-order valence-electron chi connectivity index (χ0n) is 16.9. The van der Waals surface area contributed by atoms with Gasteiger partial charge in [0.25, 0.3) is 5.91 Å². The number of nitrogens with one attached hydrogen (secondary N) is 1. The molecule has 1 aromatic heterocycles. The lowest BCUT2D eigenvalue weighted by molar-refractivity contribution is -0.353. The Morgan fingerprint density at radius 1 is 1.25 bits per heavy atom. The van der Waals surface area contributed by atoms with Crippen LogP contribution in [0.25, 0.3) is 0 Å². The highest BCUT2D eigenvalue weighted by Gasteiger charge is 2.41. The summed E-state index contributed by atoms with van der Waals surface area (Å²) >= 11 is 5.81. The van der Waals surface area contributed by atoms with Gasteiger partial charge in [0.1, 0.15) is 17.5 Å². The van der Waals surface area contributed by atoms with E-state index < -0.39 is 12.5 Å². The molecule has 1 saturated carbocycles. The average molecular weight is 475 g/mol. The van der Waals surface area contributed by atoms with E-state index in [4.69, 9.17) is 21.1 Å². The number of halogens is 4. The van der Waals surface area contributed by atoms with E-state index in [1.807, 2.05) is 0 Å². The van der Waals surface area contributed by atoms with Crippen LogP contribution in [-0.2, 0) is 14.3 Å². The number of nitrogens with zero attached hydrogens (tertiary/aromatic N) is 3. The van der Waals surface area contributed by atoms with Crippen LogP contribution >= 0.6 is 11.6 Å². The van der Waals surface area contributed by atoms with Gasteiger partial charge in [-0.05, 0) is 49.9 Å². The molecule has 0 radical (unpaired) electrons. The highest BCUT2D eigenvalue weighted by atomic mass is 35.5. The molecule has 0 unspecified atom stereocenters. The second kappa shape index (κ2) is 9.63. The van der Waals surface area contributed by atoms with Gasteiger partial charge in [-0.1, -0.05) is 11.6 Å². The number of carbonyl (C=O) groups is 1. The SMILES string of the molecule is O=C(COc1ccc(Cl)cc1)N[C@H]1CC[C@H](c2cnn([C@H]3C[C@@H](OC(F)(F)F)C3)n2)OC1. The maximum atomic E-state index is 12.2. The minimum absolute atomic E-state index is 0.115. The van der Waals surface area contributed by atoms with Crippen LogP contribution in [0.3, 0.4) is 0 Å². The number of aromatic nitrogens is 3. The van der Waals surface area contributed by atoms with Gasteiger partial charge in [-0.15, -0.1) is 13.2 Å². The molecule has 32 heavy (non-hydrogen) atoms. The smallest absolute Gasteiger partial charge is 0.484 e. The lowest BCUT2D eigenvalue weighted by atomic mass is 9.90. The van der Waals surface area contributed by atoms with E-state index in [9.17, 15) is 18.0 Å². The summed E-state index contributed by atoms with van der Waals surface area (Å²) < 4.78 is 52.0. The third-order valence-corrected chi connectivity index (χ3v) is 5.63. The molecule has 8 nitrogen and oxygen atoms in total. The number of amides is 1. The van der Waals surface area contributed by atoms with Gasteiger partial charge < -0.3 is 14.8 Å². The molecule has 0 bridgehead atoms. The Kier molecular flexibility index (Phi) is 6.87. The van der Waals surface area contributed by atoms with Gasteiger partial charge in [0, 0.05) is 5.02 Å². The minimum Gasteiger partial charge on any atom is -0.484 e. The van der Waals surface area contributed by atoms with Crippen molar-refractivity contribution >= 4 is 17.5 Å². The molecule has 2 heterocycles. The van der Waals surface area contributed by atoms with E-state index in [1.54, 1.807) is 30.5 Å². The van der Waals surface area contributed by atoms with Crippen molar-refractivity contribution in [1.82, 2.24) is 20.3 Å². The molecule has 1 N–H and O–H groups in total. The van der Waals surface area contributed by atoms with Crippen molar-refractivity contribution in [3.63, 3.8) is 0 Å². The normalized spacial score (nSPS) is 25.8. The Morgan fingerprint density at radius 3 is 2.66 bits per heavy atom. The molecule has 1 saturated heterocycles. The number of hydrogen-bond donors (Lipinski definition) is 1. The molecule has 2 atom stereocenters. The molecule has 1 amide bonds. The molecule has 2 aromatic rings. The van der Waals surface area contributed by atoms with Crippen molar-refractivity contribution in [3.8, 4) is 5.75 Å². The first-order chi connectivity index (χ1) is 15.2. The molecule has 4 rings (SSSR count). The first-order valence-electron chi connectivity index (χ1n) is 10.2. The van der Waals surface area contributed by atoms with E-state index >= 15 is 0 Å². The Bertz CT molecular complexity index is 910. The van der Waals surface area contributed by atoms with Gasteiger partial charge in [0.15, 0.2) is 6.61 Å². The monoisotopic (exact) mass is 474 g/mol. The summed E-state index contributed by atoms with van der Waals surface area (Å²) in [5.41, 5.74) is 0.626. The second-order valence-corrected chi connectivity index (χ2v) is 8.24. The number of hydrogen-bond acceptors (Lipinski definition) is 6. The number of ether oxygens (including phenoxy) is 3. The molecule has 174 valence electrons. The van der Waals surface area contributed by atoms with Gasteiger partial charge in [-0.3, -0.25) is 9.53 Å². The Labute approximate surface area is 187 Å². The summed E-state index contributed by atoms with van der Waals surface area (Å²) in [7, 11) is 0. The van der Waals surface area contributed by atoms with Crippen LogP contribution in [0.5, 0.6) is 5.75 Å². The average Bonchev–Trinajstić information content (AvgIpc) is 3.19. The fourth-order valence-electron chi connectivity index (χ4n) is 3.67. The lowest BCUT2D eigenvalue weighted by Crippen LogP contribution is -2.43. The predicted octanol–water partition coefficient (Wildman–Crippen LogP) is 3.59. The highest BCUT2D eigenvalue weighted by molar-refractivity contribution is 6.30. The lowest BCUT2D eigenvalue weighted by Gasteiger charge is -2.34. The van der Waals surface area contributed by atoms with Crippen LogP contribution in [0.1, 0.15) is 43.5 Å². The molecule has 2 fully saturated rings. The van der Waals surface area contributed by atoms with E-state index in [0.717, 1.165) is 0 Å². The first kappa shape index (κ1) is 22.8. The van der Waals surface area contributed by atoms with Crippen LogP contribution in [-0.4, -0.2) is 52.6 Å². The van der Waals surface area contributed by atoms with Gasteiger partial charge in [0.05, 0.1) is 31.0 Å². The van der Waals surface area contributed by atoms with Gasteiger partial charge in [-0.2, -0.15) is 15.0 Å². The van der Waals surface area contributed by atoms with Crippen molar-refractivity contribution in [2.45, 2.75) is 56.3 Å². The van der Waals surface area contributed by atoms with Crippen molar-refractivity contribution in [3.05, 3.63) is 41.2 Å². The van der Waals surface area contributed by atoms with Crippen LogP contribution in [0.15, 0.2) is 30.5 Å². The Hall–Kier alpha value is -2.37. The summed E-state index contributed by atoms with van der Waals surface area (Å²) in [5.74, 6) is 0.300. The first-order valence-corrected chi connectivity index (χ1v) is 10.6.